The summed E-state index contributed by atoms with van der Waals surface area (Å²) < 4.78 is 20.8. The summed E-state index contributed by atoms with van der Waals surface area (Å²) in [6.45, 7) is 3.63. The van der Waals surface area contributed by atoms with Crippen LogP contribution in [0.2, 0.25) is 0 Å². The van der Waals surface area contributed by atoms with E-state index in [4.69, 9.17) is 4.74 Å². The fraction of sp³-hybridized carbons (Fsp3) is 0.160. The minimum Gasteiger partial charge on any atom is -0.463 e. The molecule has 4 rings (SSSR count). The molecule has 0 aliphatic carbocycles. The number of rotatable bonds is 5. The lowest BCUT2D eigenvalue weighted by molar-refractivity contribution is -0.139. The van der Waals surface area contributed by atoms with E-state index >= 15 is 0 Å². The van der Waals surface area contributed by atoms with Crippen LogP contribution in [0, 0.1) is 5.82 Å². The molecule has 0 bridgehead atoms. The Morgan fingerprint density at radius 3 is 2.59 bits per heavy atom. The molecule has 1 aliphatic heterocycles. The lowest BCUT2D eigenvalue weighted by atomic mass is 9.96. The van der Waals surface area contributed by atoms with Crippen LogP contribution >= 0.6 is 11.3 Å². The summed E-state index contributed by atoms with van der Waals surface area (Å²) in [6, 6.07) is 14.8. The summed E-state index contributed by atoms with van der Waals surface area (Å²) in [5.41, 5.74) is 2.11. The van der Waals surface area contributed by atoms with Gasteiger partial charge in [0.2, 0.25) is 0 Å². The zero-order chi connectivity index (χ0) is 22.7. The number of ether oxygens (including phenoxy) is 1. The Bertz CT molecular complexity index is 1380. The molecule has 0 saturated carbocycles. The van der Waals surface area contributed by atoms with Gasteiger partial charge in [0.15, 0.2) is 4.80 Å². The van der Waals surface area contributed by atoms with Gasteiger partial charge in [-0.15, -0.1) is 0 Å². The van der Waals surface area contributed by atoms with Gasteiger partial charge in [-0.05, 0) is 43.2 Å². The van der Waals surface area contributed by atoms with E-state index in [2.05, 4.69) is 4.99 Å². The minimum atomic E-state index is -0.744. The molecule has 1 aromatic heterocycles. The van der Waals surface area contributed by atoms with E-state index in [0.717, 1.165) is 5.56 Å². The zero-order valence-corrected chi connectivity index (χ0v) is 18.4. The van der Waals surface area contributed by atoms with Crippen molar-refractivity contribution in [2.24, 2.45) is 4.99 Å². The second kappa shape index (κ2) is 9.28. The van der Waals surface area contributed by atoms with Gasteiger partial charge >= 0.3 is 5.97 Å². The maximum Gasteiger partial charge on any atom is 0.338 e. The van der Waals surface area contributed by atoms with E-state index in [0.29, 0.717) is 20.6 Å². The standard InChI is InChI=1S/C25H21FN2O3S/c1-3-31-24(30)21-16(2)27-25-28(22(21)18-12-14-19(26)15-13-18)23(29)20(32-25)11-7-10-17-8-5-4-6-9-17/h4-15,22H,3H2,1-2H3/b10-7+,20-11+/t22-/m0/s1. The molecule has 0 radical (unpaired) electrons. The highest BCUT2D eigenvalue weighted by Gasteiger charge is 2.33. The van der Waals surface area contributed by atoms with Crippen molar-refractivity contribution < 1.29 is 13.9 Å². The maximum atomic E-state index is 13.6. The molecule has 0 saturated heterocycles. The predicted molar refractivity (Wildman–Crippen MR) is 123 cm³/mol. The molecule has 0 amide bonds. The summed E-state index contributed by atoms with van der Waals surface area (Å²) in [5.74, 6) is -0.938. The molecular weight excluding hydrogens is 427 g/mol. The van der Waals surface area contributed by atoms with Crippen molar-refractivity contribution >= 4 is 29.5 Å². The summed E-state index contributed by atoms with van der Waals surface area (Å²) >= 11 is 1.25. The van der Waals surface area contributed by atoms with Gasteiger partial charge in [-0.2, -0.15) is 0 Å². The van der Waals surface area contributed by atoms with E-state index in [1.165, 1.54) is 28.0 Å². The maximum absolute atomic E-state index is 13.6. The van der Waals surface area contributed by atoms with Crippen LogP contribution in [0.15, 0.2) is 81.7 Å². The van der Waals surface area contributed by atoms with E-state index in [1.54, 1.807) is 32.1 Å². The Labute approximate surface area is 188 Å². The number of hydrogen-bond donors (Lipinski definition) is 0. The highest BCUT2D eigenvalue weighted by atomic mass is 32.1. The van der Waals surface area contributed by atoms with Crippen LogP contribution < -0.4 is 14.9 Å². The fourth-order valence-electron chi connectivity index (χ4n) is 3.58. The number of carbonyl (C=O) groups is 1. The molecular formula is C25H21FN2O3S. The number of halogens is 1. The number of allylic oxidation sites excluding steroid dienone is 2. The second-order valence-corrected chi connectivity index (χ2v) is 8.16. The third-order valence-electron chi connectivity index (χ3n) is 5.04. The number of hydrogen-bond acceptors (Lipinski definition) is 5. The van der Waals surface area contributed by atoms with Crippen LogP contribution in [0.3, 0.4) is 0 Å². The molecule has 0 N–H and O–H groups in total. The first kappa shape index (κ1) is 21.6. The Balaban J connectivity index is 1.86. The first-order valence-corrected chi connectivity index (χ1v) is 11.0. The highest BCUT2D eigenvalue weighted by molar-refractivity contribution is 7.07. The molecule has 2 aromatic carbocycles. The van der Waals surface area contributed by atoms with Crippen LogP contribution in [0.4, 0.5) is 4.39 Å². The lowest BCUT2D eigenvalue weighted by Crippen LogP contribution is -2.39. The van der Waals surface area contributed by atoms with Gasteiger partial charge in [0.25, 0.3) is 5.56 Å². The van der Waals surface area contributed by atoms with E-state index < -0.39 is 17.8 Å². The van der Waals surface area contributed by atoms with Gasteiger partial charge in [0.05, 0.1) is 28.5 Å². The number of benzene rings is 2. The van der Waals surface area contributed by atoms with Crippen molar-refractivity contribution in [3.63, 3.8) is 0 Å². The SMILES string of the molecule is CCOC(=O)C1=C(C)N=c2s/c(=C/C=C/c3ccccc3)c(=O)n2[C@H]1c1ccc(F)cc1. The predicted octanol–water partition coefficient (Wildman–Crippen LogP) is 3.60. The molecule has 162 valence electrons. The number of fused-ring (bicyclic) bond motifs is 1. The van der Waals surface area contributed by atoms with Crippen LogP contribution in [-0.4, -0.2) is 17.1 Å². The second-order valence-electron chi connectivity index (χ2n) is 7.15. The van der Waals surface area contributed by atoms with Crippen LogP contribution in [0.25, 0.3) is 12.2 Å². The van der Waals surface area contributed by atoms with Crippen LogP contribution in [0.5, 0.6) is 0 Å². The van der Waals surface area contributed by atoms with Gasteiger partial charge in [-0.1, -0.05) is 66.0 Å². The monoisotopic (exact) mass is 448 g/mol. The molecule has 1 atom stereocenters. The average Bonchev–Trinajstić information content (AvgIpc) is 3.09. The lowest BCUT2D eigenvalue weighted by Gasteiger charge is -2.24. The summed E-state index contributed by atoms with van der Waals surface area (Å²) in [7, 11) is 0. The smallest absolute Gasteiger partial charge is 0.338 e. The summed E-state index contributed by atoms with van der Waals surface area (Å²) in [6.07, 6.45) is 5.46. The van der Waals surface area contributed by atoms with E-state index in [1.807, 2.05) is 42.5 Å². The molecule has 1 aliphatic rings. The third-order valence-corrected chi connectivity index (χ3v) is 6.04. The van der Waals surface area contributed by atoms with Crippen molar-refractivity contribution in [2.45, 2.75) is 19.9 Å². The topological polar surface area (TPSA) is 60.7 Å². The third kappa shape index (κ3) is 4.24. The molecule has 3 aromatic rings. The Hall–Kier alpha value is -3.58. The molecule has 7 heteroatoms. The molecule has 32 heavy (non-hydrogen) atoms. The van der Waals surface area contributed by atoms with Gasteiger partial charge < -0.3 is 4.74 Å². The van der Waals surface area contributed by atoms with Gasteiger partial charge in [0, 0.05) is 0 Å². The Kier molecular flexibility index (Phi) is 6.28. The van der Waals surface area contributed by atoms with Crippen molar-refractivity contribution in [3.8, 4) is 0 Å². The minimum absolute atomic E-state index is 0.195. The van der Waals surface area contributed by atoms with Gasteiger partial charge in [-0.25, -0.2) is 14.2 Å². The molecule has 2 heterocycles. The zero-order valence-electron chi connectivity index (χ0n) is 17.6. The number of carbonyl (C=O) groups excluding carboxylic acids is 1. The van der Waals surface area contributed by atoms with Crippen molar-refractivity contribution in [2.75, 3.05) is 6.61 Å². The Morgan fingerprint density at radius 1 is 1.19 bits per heavy atom. The summed E-state index contributed by atoms with van der Waals surface area (Å²) in [4.78, 5) is 31.1. The van der Waals surface area contributed by atoms with Crippen LogP contribution in [0.1, 0.15) is 31.0 Å². The molecule has 5 nitrogen and oxygen atoms in total. The van der Waals surface area contributed by atoms with Gasteiger partial charge in [-0.3, -0.25) is 9.36 Å². The first-order chi connectivity index (χ1) is 15.5. The summed E-state index contributed by atoms with van der Waals surface area (Å²) in [5, 5.41) is 0. The van der Waals surface area contributed by atoms with Crippen molar-refractivity contribution in [3.05, 3.63) is 109 Å². The molecule has 0 spiro atoms. The molecule has 0 unspecified atom stereocenters. The number of esters is 1. The van der Waals surface area contributed by atoms with E-state index in [-0.39, 0.29) is 17.7 Å². The Morgan fingerprint density at radius 2 is 1.91 bits per heavy atom. The number of nitrogens with zero attached hydrogens (tertiary/aromatic N) is 2. The van der Waals surface area contributed by atoms with Crippen molar-refractivity contribution in [1.29, 1.82) is 0 Å². The fourth-order valence-corrected chi connectivity index (χ4v) is 4.58. The molecule has 0 fully saturated rings. The first-order valence-electron chi connectivity index (χ1n) is 10.2. The average molecular weight is 449 g/mol. The van der Waals surface area contributed by atoms with Gasteiger partial charge in [0.1, 0.15) is 5.82 Å². The highest BCUT2D eigenvalue weighted by Crippen LogP contribution is 2.30. The number of aromatic nitrogens is 1. The largest absolute Gasteiger partial charge is 0.463 e. The quantitative estimate of drug-likeness (QED) is 0.561. The normalized spacial score (nSPS) is 16.2. The van der Waals surface area contributed by atoms with E-state index in [9.17, 15) is 14.0 Å². The van der Waals surface area contributed by atoms with Crippen LogP contribution in [-0.2, 0) is 9.53 Å². The van der Waals surface area contributed by atoms with Crippen molar-refractivity contribution in [1.82, 2.24) is 4.57 Å². The number of thiazole rings is 1.